The summed E-state index contributed by atoms with van der Waals surface area (Å²) in [6.07, 6.45) is -0.00294. The first kappa shape index (κ1) is 14.4. The molecule has 0 aliphatic carbocycles. The van der Waals surface area contributed by atoms with Crippen molar-refractivity contribution in [2.45, 2.75) is 12.5 Å². The fraction of sp³-hybridized carbons (Fsp3) is 0.235. The lowest BCUT2D eigenvalue weighted by Crippen LogP contribution is -2.41. The number of carbonyl (C=O) groups is 1. The molecule has 0 spiro atoms. The van der Waals surface area contributed by atoms with Crippen molar-refractivity contribution in [3.05, 3.63) is 59.9 Å². The Balaban J connectivity index is 1.49. The molecule has 0 fully saturated rings. The number of hydrogen-bond donors (Lipinski definition) is 1. The highest BCUT2D eigenvalue weighted by Crippen LogP contribution is 2.30. The number of halogens is 1. The highest BCUT2D eigenvalue weighted by Gasteiger charge is 2.20. The molecule has 4 nitrogen and oxygen atoms in total. The highest BCUT2D eigenvalue weighted by atomic mass is 19.1. The zero-order chi connectivity index (χ0) is 15.4. The van der Waals surface area contributed by atoms with Gasteiger partial charge < -0.3 is 14.8 Å². The maximum Gasteiger partial charge on any atom is 0.224 e. The predicted molar refractivity (Wildman–Crippen MR) is 79.5 cm³/mol. The highest BCUT2D eigenvalue weighted by molar-refractivity contribution is 5.78. The van der Waals surface area contributed by atoms with Crippen LogP contribution in [0, 0.1) is 5.82 Å². The maximum atomic E-state index is 12.8. The molecule has 3 rings (SSSR count). The normalized spacial score (nSPS) is 16.1. The molecule has 1 atom stereocenters. The first-order valence-electron chi connectivity index (χ1n) is 7.10. The fourth-order valence-corrected chi connectivity index (χ4v) is 2.24. The van der Waals surface area contributed by atoms with Gasteiger partial charge in [0.15, 0.2) is 11.5 Å². The average molecular weight is 301 g/mol. The minimum Gasteiger partial charge on any atom is -0.486 e. The summed E-state index contributed by atoms with van der Waals surface area (Å²) >= 11 is 0. The summed E-state index contributed by atoms with van der Waals surface area (Å²) in [7, 11) is 0. The topological polar surface area (TPSA) is 47.6 Å². The number of benzene rings is 2. The van der Waals surface area contributed by atoms with Gasteiger partial charge in [0.25, 0.3) is 0 Å². The second-order valence-corrected chi connectivity index (χ2v) is 5.10. The number of para-hydroxylation sites is 2. The van der Waals surface area contributed by atoms with Crippen LogP contribution >= 0.6 is 0 Å². The first-order valence-corrected chi connectivity index (χ1v) is 7.10. The van der Waals surface area contributed by atoms with E-state index >= 15 is 0 Å². The van der Waals surface area contributed by atoms with Crippen LogP contribution in [-0.4, -0.2) is 25.2 Å². The van der Waals surface area contributed by atoms with Crippen LogP contribution in [-0.2, 0) is 11.2 Å². The van der Waals surface area contributed by atoms with E-state index in [1.807, 2.05) is 24.3 Å². The van der Waals surface area contributed by atoms with Crippen LogP contribution in [0.25, 0.3) is 0 Å². The molecule has 1 aliphatic rings. The molecule has 0 radical (unpaired) electrons. The Morgan fingerprint density at radius 3 is 2.64 bits per heavy atom. The number of rotatable bonds is 4. The summed E-state index contributed by atoms with van der Waals surface area (Å²) in [5.41, 5.74) is 0.769. The molecule has 22 heavy (non-hydrogen) atoms. The van der Waals surface area contributed by atoms with Gasteiger partial charge in [-0.25, -0.2) is 4.39 Å². The quantitative estimate of drug-likeness (QED) is 0.943. The van der Waals surface area contributed by atoms with Crippen LogP contribution in [0.15, 0.2) is 48.5 Å². The fourth-order valence-electron chi connectivity index (χ4n) is 2.24. The molecule has 0 saturated heterocycles. The largest absolute Gasteiger partial charge is 0.486 e. The van der Waals surface area contributed by atoms with Crippen LogP contribution in [0.5, 0.6) is 11.5 Å². The summed E-state index contributed by atoms with van der Waals surface area (Å²) in [5.74, 6) is 0.965. The molecule has 0 bridgehead atoms. The van der Waals surface area contributed by atoms with Gasteiger partial charge in [-0.2, -0.15) is 0 Å². The van der Waals surface area contributed by atoms with E-state index in [-0.39, 0.29) is 24.2 Å². The van der Waals surface area contributed by atoms with E-state index in [4.69, 9.17) is 9.47 Å². The van der Waals surface area contributed by atoms with Gasteiger partial charge in [-0.1, -0.05) is 24.3 Å². The molecule has 1 amide bonds. The Labute approximate surface area is 127 Å². The van der Waals surface area contributed by atoms with Crippen molar-refractivity contribution in [3.63, 3.8) is 0 Å². The van der Waals surface area contributed by atoms with E-state index < -0.39 is 0 Å². The summed E-state index contributed by atoms with van der Waals surface area (Å²) in [6, 6.07) is 13.3. The van der Waals surface area contributed by atoms with Gasteiger partial charge in [-0.05, 0) is 29.8 Å². The van der Waals surface area contributed by atoms with Gasteiger partial charge in [0, 0.05) is 0 Å². The van der Waals surface area contributed by atoms with Crippen molar-refractivity contribution in [2.24, 2.45) is 0 Å². The maximum absolute atomic E-state index is 12.8. The molecule has 1 heterocycles. The minimum absolute atomic E-state index is 0.130. The van der Waals surface area contributed by atoms with E-state index in [1.165, 1.54) is 12.1 Å². The Bertz CT molecular complexity index is 657. The van der Waals surface area contributed by atoms with Gasteiger partial charge in [0.05, 0.1) is 13.0 Å². The van der Waals surface area contributed by atoms with Crippen molar-refractivity contribution in [1.29, 1.82) is 0 Å². The number of hydrogen-bond acceptors (Lipinski definition) is 3. The molecular weight excluding hydrogens is 285 g/mol. The number of fused-ring (bicyclic) bond motifs is 1. The Kier molecular flexibility index (Phi) is 4.23. The third-order valence-corrected chi connectivity index (χ3v) is 3.37. The van der Waals surface area contributed by atoms with Crippen LogP contribution in [0.2, 0.25) is 0 Å². The van der Waals surface area contributed by atoms with Crippen molar-refractivity contribution in [1.82, 2.24) is 5.32 Å². The molecule has 0 aromatic heterocycles. The lowest BCUT2D eigenvalue weighted by molar-refractivity contribution is -0.120. The lowest BCUT2D eigenvalue weighted by atomic mass is 10.1. The van der Waals surface area contributed by atoms with E-state index in [2.05, 4.69) is 5.32 Å². The number of amides is 1. The molecule has 2 aromatic carbocycles. The molecular formula is C17H16FNO3. The monoisotopic (exact) mass is 301 g/mol. The number of carbonyl (C=O) groups excluding carboxylic acids is 1. The van der Waals surface area contributed by atoms with Crippen molar-refractivity contribution in [3.8, 4) is 11.5 Å². The second kappa shape index (κ2) is 6.47. The molecule has 5 heteroatoms. The van der Waals surface area contributed by atoms with Crippen molar-refractivity contribution >= 4 is 5.91 Å². The minimum atomic E-state index is -0.310. The predicted octanol–water partition coefficient (Wildman–Crippen LogP) is 2.32. The molecule has 1 N–H and O–H groups in total. The lowest BCUT2D eigenvalue weighted by Gasteiger charge is -2.26. The average Bonchev–Trinajstić information content (AvgIpc) is 2.55. The summed E-state index contributed by atoms with van der Waals surface area (Å²) < 4.78 is 24.1. The van der Waals surface area contributed by atoms with Crippen LogP contribution in [0.3, 0.4) is 0 Å². The second-order valence-electron chi connectivity index (χ2n) is 5.10. The van der Waals surface area contributed by atoms with Gasteiger partial charge in [0.2, 0.25) is 5.91 Å². The summed E-state index contributed by atoms with van der Waals surface area (Å²) in [4.78, 5) is 11.9. The third-order valence-electron chi connectivity index (χ3n) is 3.37. The summed E-state index contributed by atoms with van der Waals surface area (Å²) in [6.45, 7) is 0.766. The third kappa shape index (κ3) is 3.55. The zero-order valence-electron chi connectivity index (χ0n) is 11.9. The van der Waals surface area contributed by atoms with E-state index in [1.54, 1.807) is 12.1 Å². The van der Waals surface area contributed by atoms with Crippen LogP contribution < -0.4 is 14.8 Å². The van der Waals surface area contributed by atoms with Crippen molar-refractivity contribution < 1.29 is 18.7 Å². The molecule has 2 aromatic rings. The van der Waals surface area contributed by atoms with Crippen molar-refractivity contribution in [2.75, 3.05) is 13.2 Å². The Hall–Kier alpha value is -2.56. The Morgan fingerprint density at radius 1 is 1.14 bits per heavy atom. The molecule has 0 unspecified atom stereocenters. The molecule has 0 saturated carbocycles. The van der Waals surface area contributed by atoms with Gasteiger partial charge >= 0.3 is 0 Å². The standard InChI is InChI=1S/C17H16FNO3/c18-13-7-5-12(6-8-13)9-17(20)19-10-14-11-21-15-3-1-2-4-16(15)22-14/h1-8,14H,9-11H2,(H,19,20)/t14-/m0/s1. The Morgan fingerprint density at radius 2 is 1.86 bits per heavy atom. The van der Waals surface area contributed by atoms with Gasteiger partial charge in [-0.15, -0.1) is 0 Å². The first-order chi connectivity index (χ1) is 10.7. The number of ether oxygens (including phenoxy) is 2. The van der Waals surface area contributed by atoms with E-state index in [0.29, 0.717) is 18.9 Å². The SMILES string of the molecule is O=C(Cc1ccc(F)cc1)NC[C@H]1COc2ccccc2O1. The smallest absolute Gasteiger partial charge is 0.224 e. The van der Waals surface area contributed by atoms with Crippen LogP contribution in [0.1, 0.15) is 5.56 Å². The number of nitrogens with one attached hydrogen (secondary N) is 1. The van der Waals surface area contributed by atoms with E-state index in [0.717, 1.165) is 11.3 Å². The van der Waals surface area contributed by atoms with Gasteiger partial charge in [0.1, 0.15) is 18.5 Å². The molecule has 114 valence electrons. The summed E-state index contributed by atoms with van der Waals surface area (Å²) in [5, 5.41) is 2.81. The van der Waals surface area contributed by atoms with Crippen LogP contribution in [0.4, 0.5) is 4.39 Å². The van der Waals surface area contributed by atoms with Gasteiger partial charge in [-0.3, -0.25) is 4.79 Å². The zero-order valence-corrected chi connectivity index (χ0v) is 11.9. The van der Waals surface area contributed by atoms with E-state index in [9.17, 15) is 9.18 Å². The molecule has 1 aliphatic heterocycles.